The molecule has 280 valence electrons. The summed E-state index contributed by atoms with van der Waals surface area (Å²) in [5.41, 5.74) is 10.9. The van der Waals surface area contributed by atoms with Crippen LogP contribution in [-0.4, -0.2) is 19.5 Å². The van der Waals surface area contributed by atoms with Crippen LogP contribution in [0, 0.1) is 0 Å². The largest absolute Gasteiger partial charge is 0.309 e. The lowest BCUT2D eigenvalue weighted by Gasteiger charge is -2.15. The van der Waals surface area contributed by atoms with E-state index in [0.29, 0.717) is 17.5 Å². The summed E-state index contributed by atoms with van der Waals surface area (Å²) in [6, 6.07) is 73.2. The minimum Gasteiger partial charge on any atom is -0.309 e. The smallest absolute Gasteiger partial charge is 0.165 e. The van der Waals surface area contributed by atoms with Crippen LogP contribution < -0.4 is 0 Å². The van der Waals surface area contributed by atoms with E-state index in [1.54, 1.807) is 11.3 Å². The zero-order chi connectivity index (χ0) is 39.6. The molecule has 4 nitrogen and oxygen atoms in total. The van der Waals surface area contributed by atoms with Crippen molar-refractivity contribution in [1.29, 1.82) is 0 Å². The third-order valence-electron chi connectivity index (χ3n) is 11.7. The van der Waals surface area contributed by atoms with E-state index in [-0.39, 0.29) is 0 Å². The number of hydrogen-bond donors (Lipinski definition) is 0. The summed E-state index contributed by atoms with van der Waals surface area (Å²) >= 11 is 1.79. The van der Waals surface area contributed by atoms with E-state index < -0.39 is 0 Å². The highest BCUT2D eigenvalue weighted by Crippen LogP contribution is 2.41. The summed E-state index contributed by atoms with van der Waals surface area (Å²) in [5, 5.41) is 7.36. The fourth-order valence-corrected chi connectivity index (χ4v) is 10.1. The highest BCUT2D eigenvalue weighted by molar-refractivity contribution is 7.26. The molecule has 0 aliphatic rings. The molecule has 0 spiro atoms. The number of thiophene rings is 1. The molecular formula is C55H34N4S. The maximum absolute atomic E-state index is 5.25. The molecule has 0 amide bonds. The molecule has 12 aromatic rings. The number of hydrogen-bond acceptors (Lipinski definition) is 4. The van der Waals surface area contributed by atoms with Crippen LogP contribution >= 0.6 is 11.3 Å². The van der Waals surface area contributed by atoms with E-state index in [9.17, 15) is 0 Å². The van der Waals surface area contributed by atoms with Gasteiger partial charge < -0.3 is 4.57 Å². The second-order valence-electron chi connectivity index (χ2n) is 15.1. The normalized spacial score (nSPS) is 11.7. The summed E-state index contributed by atoms with van der Waals surface area (Å²) < 4.78 is 4.82. The Balaban J connectivity index is 1.01. The first-order chi connectivity index (χ1) is 29.8. The molecular weight excluding hydrogens is 749 g/mol. The molecule has 0 unspecified atom stereocenters. The van der Waals surface area contributed by atoms with Crippen molar-refractivity contribution >= 4 is 64.1 Å². The van der Waals surface area contributed by atoms with Crippen LogP contribution in [-0.2, 0) is 0 Å². The molecule has 0 aliphatic heterocycles. The maximum atomic E-state index is 5.25. The van der Waals surface area contributed by atoms with Gasteiger partial charge in [-0.2, -0.15) is 0 Å². The van der Waals surface area contributed by atoms with Crippen molar-refractivity contribution in [2.45, 2.75) is 0 Å². The zero-order valence-corrected chi connectivity index (χ0v) is 33.1. The molecule has 5 heteroatoms. The number of aromatic nitrogens is 4. The predicted octanol–water partition coefficient (Wildman–Crippen LogP) is 14.8. The quantitative estimate of drug-likeness (QED) is 0.169. The van der Waals surface area contributed by atoms with E-state index in [2.05, 4.69) is 205 Å². The summed E-state index contributed by atoms with van der Waals surface area (Å²) in [6.45, 7) is 0. The van der Waals surface area contributed by atoms with Gasteiger partial charge in [0.25, 0.3) is 0 Å². The van der Waals surface area contributed by atoms with Crippen LogP contribution in [0.3, 0.4) is 0 Å². The van der Waals surface area contributed by atoms with Crippen LogP contribution in [0.4, 0.5) is 0 Å². The number of fused-ring (bicyclic) bond motifs is 7. The van der Waals surface area contributed by atoms with E-state index in [1.807, 2.05) is 6.07 Å². The molecule has 9 aromatic carbocycles. The third kappa shape index (κ3) is 5.55. The summed E-state index contributed by atoms with van der Waals surface area (Å²) in [6.07, 6.45) is 0. The zero-order valence-electron chi connectivity index (χ0n) is 32.3. The van der Waals surface area contributed by atoms with Gasteiger partial charge in [-0.15, -0.1) is 11.3 Å². The van der Waals surface area contributed by atoms with Gasteiger partial charge in [-0.1, -0.05) is 176 Å². The van der Waals surface area contributed by atoms with Crippen molar-refractivity contribution in [3.63, 3.8) is 0 Å². The molecule has 0 fully saturated rings. The summed E-state index contributed by atoms with van der Waals surface area (Å²) in [5.74, 6) is 1.93. The molecule has 12 rings (SSSR count). The molecule has 0 atom stereocenters. The van der Waals surface area contributed by atoms with E-state index >= 15 is 0 Å². The molecule has 0 aliphatic carbocycles. The second-order valence-corrected chi connectivity index (χ2v) is 16.2. The lowest BCUT2D eigenvalue weighted by Crippen LogP contribution is -2.01. The van der Waals surface area contributed by atoms with Gasteiger partial charge in [0.15, 0.2) is 17.5 Å². The van der Waals surface area contributed by atoms with Crippen molar-refractivity contribution in [2.75, 3.05) is 0 Å². The summed E-state index contributed by atoms with van der Waals surface area (Å²) in [7, 11) is 0. The van der Waals surface area contributed by atoms with Gasteiger partial charge in [0, 0.05) is 53.0 Å². The minimum absolute atomic E-state index is 0.633. The lowest BCUT2D eigenvalue weighted by atomic mass is 9.96. The molecule has 3 aromatic heterocycles. The average Bonchev–Trinajstić information content (AvgIpc) is 3.87. The van der Waals surface area contributed by atoms with Crippen LogP contribution in [0.15, 0.2) is 206 Å². The Morgan fingerprint density at radius 3 is 1.57 bits per heavy atom. The van der Waals surface area contributed by atoms with Gasteiger partial charge in [0.05, 0.1) is 16.7 Å². The fourth-order valence-electron chi connectivity index (χ4n) is 8.93. The van der Waals surface area contributed by atoms with Crippen LogP contribution in [0.25, 0.3) is 115 Å². The van der Waals surface area contributed by atoms with Gasteiger partial charge in [0.2, 0.25) is 0 Å². The molecule has 0 N–H and O–H groups in total. The second kappa shape index (κ2) is 14.0. The Kier molecular flexibility index (Phi) is 8.00. The average molecular weight is 783 g/mol. The topological polar surface area (TPSA) is 43.6 Å². The Labute approximate surface area is 350 Å². The Morgan fingerprint density at radius 2 is 0.817 bits per heavy atom. The Bertz CT molecular complexity index is 3550. The van der Waals surface area contributed by atoms with Crippen LogP contribution in [0.2, 0.25) is 0 Å². The van der Waals surface area contributed by atoms with Crippen molar-refractivity contribution in [1.82, 2.24) is 19.5 Å². The Morgan fingerprint density at radius 1 is 0.300 bits per heavy atom. The van der Waals surface area contributed by atoms with Crippen molar-refractivity contribution in [3.8, 4) is 62.1 Å². The molecule has 0 saturated heterocycles. The molecule has 0 radical (unpaired) electrons. The van der Waals surface area contributed by atoms with Gasteiger partial charge in [0.1, 0.15) is 0 Å². The monoisotopic (exact) mass is 782 g/mol. The highest BCUT2D eigenvalue weighted by atomic mass is 32.1. The van der Waals surface area contributed by atoms with E-state index in [4.69, 9.17) is 15.0 Å². The van der Waals surface area contributed by atoms with Crippen molar-refractivity contribution in [3.05, 3.63) is 206 Å². The first-order valence-electron chi connectivity index (χ1n) is 20.2. The van der Waals surface area contributed by atoms with E-state index in [1.165, 1.54) is 58.3 Å². The first-order valence-corrected chi connectivity index (χ1v) is 21.0. The van der Waals surface area contributed by atoms with Gasteiger partial charge in [-0.05, 0) is 58.0 Å². The molecule has 3 heterocycles. The van der Waals surface area contributed by atoms with Gasteiger partial charge in [-0.25, -0.2) is 15.0 Å². The predicted molar refractivity (Wildman–Crippen MR) is 252 cm³/mol. The van der Waals surface area contributed by atoms with Crippen LogP contribution in [0.5, 0.6) is 0 Å². The third-order valence-corrected chi connectivity index (χ3v) is 12.9. The molecule has 0 bridgehead atoms. The summed E-state index contributed by atoms with van der Waals surface area (Å²) in [4.78, 5) is 15.7. The number of benzene rings is 9. The van der Waals surface area contributed by atoms with Crippen molar-refractivity contribution in [2.24, 2.45) is 0 Å². The highest BCUT2D eigenvalue weighted by Gasteiger charge is 2.20. The minimum atomic E-state index is 0.633. The Hall–Kier alpha value is -7.73. The SMILES string of the molecule is c1ccc(-c2ccccc2-c2nc(-c3ccc(-c4ccc(-n5c6ccccc6c6ccccc65)c5ccccc45)cc3)nc(-c3cccc4c3sc3ccccc34)n2)cc1. The first kappa shape index (κ1) is 34.3. The number of nitrogens with zero attached hydrogens (tertiary/aromatic N) is 4. The van der Waals surface area contributed by atoms with Gasteiger partial charge >= 0.3 is 0 Å². The fraction of sp³-hybridized carbons (Fsp3) is 0. The molecule has 60 heavy (non-hydrogen) atoms. The van der Waals surface area contributed by atoms with Gasteiger partial charge in [-0.3, -0.25) is 0 Å². The van der Waals surface area contributed by atoms with E-state index in [0.717, 1.165) is 39.1 Å². The standard InChI is InChI=1S/C55H34N4S/c1-2-15-35(16-3-1)38-17-4-7-23-46(38)54-56-53(57-55(58-54)47-25-14-24-45-44-22-10-13-28-51(44)60-52(45)47)37-31-29-36(30-32-37)39-33-34-50(41-19-6-5-18-40(39)41)59-48-26-11-8-20-42(48)43-21-9-12-27-49(43)59/h1-34H. The van der Waals surface area contributed by atoms with Crippen molar-refractivity contribution < 1.29 is 0 Å². The lowest BCUT2D eigenvalue weighted by molar-refractivity contribution is 1.08. The number of rotatable bonds is 6. The number of para-hydroxylation sites is 2. The van der Waals surface area contributed by atoms with Crippen LogP contribution in [0.1, 0.15) is 0 Å². The molecule has 0 saturated carbocycles. The maximum Gasteiger partial charge on any atom is 0.165 e.